The maximum absolute atomic E-state index is 6.28. The quantitative estimate of drug-likeness (QED) is 0.777. The van der Waals surface area contributed by atoms with E-state index < -0.39 is 0 Å². The topological polar surface area (TPSA) is 30.5 Å². The molecule has 28 heavy (non-hydrogen) atoms. The van der Waals surface area contributed by atoms with E-state index in [0.717, 1.165) is 71.0 Å². The van der Waals surface area contributed by atoms with E-state index in [9.17, 15) is 0 Å². The molecule has 2 saturated heterocycles. The van der Waals surface area contributed by atoms with Gasteiger partial charge in [0.15, 0.2) is 0 Å². The van der Waals surface area contributed by atoms with Gasteiger partial charge in [0.1, 0.15) is 0 Å². The molecular formula is C22H28Cl2N4. The van der Waals surface area contributed by atoms with Crippen LogP contribution in [0.15, 0.2) is 36.4 Å². The van der Waals surface area contributed by atoms with Crippen molar-refractivity contribution in [1.82, 2.24) is 20.4 Å². The van der Waals surface area contributed by atoms with E-state index in [-0.39, 0.29) is 0 Å². The van der Waals surface area contributed by atoms with E-state index in [0.29, 0.717) is 10.0 Å². The Morgan fingerprint density at radius 3 is 1.50 bits per heavy atom. The molecule has 0 aromatic heterocycles. The summed E-state index contributed by atoms with van der Waals surface area (Å²) < 4.78 is 0. The lowest BCUT2D eigenvalue weighted by molar-refractivity contribution is 0.230. The molecule has 0 spiro atoms. The molecule has 0 bridgehead atoms. The van der Waals surface area contributed by atoms with Crippen molar-refractivity contribution in [2.75, 3.05) is 52.4 Å². The average Bonchev–Trinajstić information content (AvgIpc) is 2.69. The van der Waals surface area contributed by atoms with Gasteiger partial charge in [-0.05, 0) is 52.6 Å². The highest BCUT2D eigenvalue weighted by Gasteiger charge is 2.14. The van der Waals surface area contributed by atoms with E-state index in [2.05, 4.69) is 38.6 Å². The normalized spacial score (nSPS) is 19.1. The maximum Gasteiger partial charge on any atom is 0.0426 e. The lowest BCUT2D eigenvalue weighted by atomic mass is 9.99. The summed E-state index contributed by atoms with van der Waals surface area (Å²) in [5.74, 6) is 0. The Morgan fingerprint density at radius 1 is 0.607 bits per heavy atom. The van der Waals surface area contributed by atoms with Gasteiger partial charge in [0.25, 0.3) is 0 Å². The van der Waals surface area contributed by atoms with Crippen molar-refractivity contribution in [2.45, 2.75) is 13.1 Å². The molecule has 2 heterocycles. The fourth-order valence-electron chi connectivity index (χ4n) is 4.09. The molecule has 0 atom stereocenters. The van der Waals surface area contributed by atoms with Crippen LogP contribution in [0, 0.1) is 0 Å². The summed E-state index contributed by atoms with van der Waals surface area (Å²) in [6.07, 6.45) is 0. The monoisotopic (exact) mass is 418 g/mol. The first kappa shape index (κ1) is 20.1. The smallest absolute Gasteiger partial charge is 0.0426 e. The van der Waals surface area contributed by atoms with Gasteiger partial charge >= 0.3 is 0 Å². The van der Waals surface area contributed by atoms with Crippen LogP contribution >= 0.6 is 23.2 Å². The molecule has 0 unspecified atom stereocenters. The molecule has 2 aromatic carbocycles. The number of benzene rings is 2. The van der Waals surface area contributed by atoms with Crippen molar-refractivity contribution >= 4 is 23.2 Å². The summed E-state index contributed by atoms with van der Waals surface area (Å²) in [6, 6.07) is 12.8. The molecule has 4 nitrogen and oxygen atoms in total. The molecule has 6 heteroatoms. The minimum absolute atomic E-state index is 0.679. The highest BCUT2D eigenvalue weighted by molar-refractivity contribution is 6.35. The van der Waals surface area contributed by atoms with Gasteiger partial charge in [-0.1, -0.05) is 29.3 Å². The minimum Gasteiger partial charge on any atom is -0.314 e. The highest BCUT2D eigenvalue weighted by Crippen LogP contribution is 2.29. The summed E-state index contributed by atoms with van der Waals surface area (Å²) in [6.45, 7) is 10.6. The van der Waals surface area contributed by atoms with E-state index in [1.54, 1.807) is 6.07 Å². The third kappa shape index (κ3) is 5.47. The zero-order chi connectivity index (χ0) is 19.3. The molecule has 2 aliphatic rings. The average molecular weight is 419 g/mol. The fourth-order valence-corrected chi connectivity index (χ4v) is 4.61. The molecule has 150 valence electrons. The van der Waals surface area contributed by atoms with E-state index in [1.165, 1.54) is 16.7 Å². The van der Waals surface area contributed by atoms with Crippen LogP contribution in [0.25, 0.3) is 11.1 Å². The summed E-state index contributed by atoms with van der Waals surface area (Å²) in [5.41, 5.74) is 5.00. The summed E-state index contributed by atoms with van der Waals surface area (Å²) in [5, 5.41) is 8.22. The van der Waals surface area contributed by atoms with E-state index >= 15 is 0 Å². The Hall–Kier alpha value is -1.14. The molecule has 2 aromatic rings. The van der Waals surface area contributed by atoms with Gasteiger partial charge < -0.3 is 10.6 Å². The van der Waals surface area contributed by atoms with Crippen LogP contribution in [-0.4, -0.2) is 62.2 Å². The SMILES string of the molecule is Clc1cc(Cl)cc(-c2cc(CN3CCNCC3)cc(CN3CCNCC3)c2)c1. The molecule has 2 N–H and O–H groups in total. The maximum atomic E-state index is 6.28. The van der Waals surface area contributed by atoms with Gasteiger partial charge in [-0.2, -0.15) is 0 Å². The minimum atomic E-state index is 0.679. The van der Waals surface area contributed by atoms with E-state index in [4.69, 9.17) is 23.2 Å². The zero-order valence-corrected chi connectivity index (χ0v) is 17.7. The van der Waals surface area contributed by atoms with Gasteiger partial charge in [0, 0.05) is 75.5 Å². The molecule has 0 saturated carbocycles. The van der Waals surface area contributed by atoms with E-state index in [1.807, 2.05) is 12.1 Å². The number of nitrogens with one attached hydrogen (secondary N) is 2. The first-order valence-electron chi connectivity index (χ1n) is 10.1. The van der Waals surface area contributed by atoms with Crippen molar-refractivity contribution in [2.24, 2.45) is 0 Å². The fraction of sp³-hybridized carbons (Fsp3) is 0.455. The number of piperazine rings is 2. The van der Waals surface area contributed by atoms with Crippen molar-refractivity contribution in [3.05, 3.63) is 57.6 Å². The van der Waals surface area contributed by atoms with Crippen molar-refractivity contribution in [1.29, 1.82) is 0 Å². The van der Waals surface area contributed by atoms with Crippen molar-refractivity contribution in [3.63, 3.8) is 0 Å². The zero-order valence-electron chi connectivity index (χ0n) is 16.2. The second-order valence-electron chi connectivity index (χ2n) is 7.75. The van der Waals surface area contributed by atoms with Crippen LogP contribution in [0.3, 0.4) is 0 Å². The Labute approximate surface area is 177 Å². The third-order valence-electron chi connectivity index (χ3n) is 5.48. The van der Waals surface area contributed by atoms with Gasteiger partial charge in [0.2, 0.25) is 0 Å². The van der Waals surface area contributed by atoms with Crippen LogP contribution in [0.4, 0.5) is 0 Å². The first-order valence-corrected chi connectivity index (χ1v) is 10.9. The first-order chi connectivity index (χ1) is 13.7. The van der Waals surface area contributed by atoms with Gasteiger partial charge in [-0.25, -0.2) is 0 Å². The molecular weight excluding hydrogens is 391 g/mol. The second-order valence-corrected chi connectivity index (χ2v) is 8.62. The second kappa shape index (κ2) is 9.57. The Morgan fingerprint density at radius 2 is 1.04 bits per heavy atom. The van der Waals surface area contributed by atoms with Crippen LogP contribution in [0.5, 0.6) is 0 Å². The van der Waals surface area contributed by atoms with Crippen LogP contribution in [-0.2, 0) is 13.1 Å². The standard InChI is InChI=1S/C22H28Cl2N4/c23-21-12-20(13-22(24)14-21)19-10-17(15-27-5-1-25-2-6-27)9-18(11-19)16-28-7-3-26-4-8-28/h9-14,25-26H,1-8,15-16H2. The molecule has 0 radical (unpaired) electrons. The molecule has 2 fully saturated rings. The Kier molecular flexibility index (Phi) is 6.89. The predicted molar refractivity (Wildman–Crippen MR) is 118 cm³/mol. The Bertz CT molecular complexity index is 741. The largest absolute Gasteiger partial charge is 0.314 e. The number of hydrogen-bond donors (Lipinski definition) is 2. The lowest BCUT2D eigenvalue weighted by Gasteiger charge is -2.29. The summed E-state index contributed by atoms with van der Waals surface area (Å²) in [7, 11) is 0. The number of hydrogen-bond acceptors (Lipinski definition) is 4. The molecule has 0 amide bonds. The Balaban J connectivity index is 1.63. The third-order valence-corrected chi connectivity index (χ3v) is 5.92. The number of halogens is 2. The molecule has 2 aliphatic heterocycles. The van der Waals surface area contributed by atoms with Gasteiger partial charge in [-0.15, -0.1) is 0 Å². The van der Waals surface area contributed by atoms with Crippen LogP contribution in [0.1, 0.15) is 11.1 Å². The van der Waals surface area contributed by atoms with Crippen molar-refractivity contribution in [3.8, 4) is 11.1 Å². The van der Waals surface area contributed by atoms with Gasteiger partial charge in [0.05, 0.1) is 0 Å². The highest BCUT2D eigenvalue weighted by atomic mass is 35.5. The van der Waals surface area contributed by atoms with Crippen LogP contribution in [0.2, 0.25) is 10.0 Å². The number of nitrogens with zero attached hydrogens (tertiary/aromatic N) is 2. The van der Waals surface area contributed by atoms with Crippen molar-refractivity contribution < 1.29 is 0 Å². The predicted octanol–water partition coefficient (Wildman–Crippen LogP) is 3.47. The molecule has 0 aliphatic carbocycles. The van der Waals surface area contributed by atoms with Gasteiger partial charge in [-0.3, -0.25) is 9.80 Å². The lowest BCUT2D eigenvalue weighted by Crippen LogP contribution is -2.43. The van der Waals surface area contributed by atoms with Crippen LogP contribution < -0.4 is 10.6 Å². The molecule has 4 rings (SSSR count). The summed E-state index contributed by atoms with van der Waals surface area (Å²) >= 11 is 12.6. The summed E-state index contributed by atoms with van der Waals surface area (Å²) in [4.78, 5) is 5.05. The number of rotatable bonds is 5.